The van der Waals surface area contributed by atoms with Crippen LogP contribution in [0.1, 0.15) is 26.7 Å². The summed E-state index contributed by atoms with van der Waals surface area (Å²) in [6.45, 7) is 4.61. The summed E-state index contributed by atoms with van der Waals surface area (Å²) in [6, 6.07) is 6.95. The van der Waals surface area contributed by atoms with Crippen molar-refractivity contribution < 1.29 is 14.3 Å². The summed E-state index contributed by atoms with van der Waals surface area (Å²) in [4.78, 5) is 25.5. The molecule has 1 aliphatic heterocycles. The predicted molar refractivity (Wildman–Crippen MR) is 81.5 cm³/mol. The van der Waals surface area contributed by atoms with Crippen LogP contribution >= 0.6 is 11.6 Å². The first kappa shape index (κ1) is 15.8. The molecular weight excluding hydrogens is 290 g/mol. The number of Topliss-reactive ketones (excluding diaryl/α,β-unsaturated/α-hetero) is 1. The van der Waals surface area contributed by atoms with E-state index in [2.05, 4.69) is 0 Å². The van der Waals surface area contributed by atoms with E-state index in [-0.39, 0.29) is 17.6 Å². The summed E-state index contributed by atoms with van der Waals surface area (Å²) >= 11 is 5.81. The van der Waals surface area contributed by atoms with E-state index in [9.17, 15) is 9.59 Å². The summed E-state index contributed by atoms with van der Waals surface area (Å²) in [5.74, 6) is 0.903. The molecule has 0 spiro atoms. The topological polar surface area (TPSA) is 46.6 Å². The van der Waals surface area contributed by atoms with Gasteiger partial charge in [-0.2, -0.15) is 0 Å². The van der Waals surface area contributed by atoms with Gasteiger partial charge in [0, 0.05) is 24.0 Å². The minimum absolute atomic E-state index is 0.0352. The second kappa shape index (κ2) is 6.94. The molecule has 0 saturated carbocycles. The van der Waals surface area contributed by atoms with E-state index in [1.54, 1.807) is 43.0 Å². The van der Waals surface area contributed by atoms with Crippen LogP contribution in [0.3, 0.4) is 0 Å². The van der Waals surface area contributed by atoms with Crippen molar-refractivity contribution in [2.24, 2.45) is 5.92 Å². The zero-order valence-electron chi connectivity index (χ0n) is 12.3. The lowest BCUT2D eigenvalue weighted by atomic mass is 9.93. The number of carbonyl (C=O) groups excluding carboxylic acids is 2. The maximum Gasteiger partial charge on any atom is 0.263 e. The number of piperidine rings is 1. The third kappa shape index (κ3) is 4.21. The summed E-state index contributed by atoms with van der Waals surface area (Å²) in [5.41, 5.74) is 0. The van der Waals surface area contributed by atoms with Crippen molar-refractivity contribution in [1.29, 1.82) is 0 Å². The first-order valence-corrected chi connectivity index (χ1v) is 7.56. The second-order valence-electron chi connectivity index (χ2n) is 5.42. The molecule has 0 N–H and O–H groups in total. The van der Waals surface area contributed by atoms with E-state index in [1.807, 2.05) is 0 Å². The third-order valence-electron chi connectivity index (χ3n) is 3.86. The number of benzene rings is 1. The third-order valence-corrected chi connectivity index (χ3v) is 4.11. The van der Waals surface area contributed by atoms with Crippen LogP contribution < -0.4 is 4.74 Å². The van der Waals surface area contributed by atoms with Crippen molar-refractivity contribution in [3.8, 4) is 5.75 Å². The van der Waals surface area contributed by atoms with E-state index >= 15 is 0 Å². The van der Waals surface area contributed by atoms with Crippen LogP contribution in [-0.2, 0) is 9.59 Å². The normalized spacial score (nSPS) is 17.4. The minimum atomic E-state index is -0.542. The molecule has 5 heteroatoms. The summed E-state index contributed by atoms with van der Waals surface area (Å²) in [6.07, 6.45) is 0.948. The maximum absolute atomic E-state index is 12.3. The molecule has 21 heavy (non-hydrogen) atoms. The largest absolute Gasteiger partial charge is 0.481 e. The van der Waals surface area contributed by atoms with Gasteiger partial charge in [0.2, 0.25) is 0 Å². The number of hydrogen-bond acceptors (Lipinski definition) is 3. The van der Waals surface area contributed by atoms with Gasteiger partial charge in [-0.25, -0.2) is 0 Å². The molecule has 1 amide bonds. The first-order valence-electron chi connectivity index (χ1n) is 7.19. The molecule has 1 heterocycles. The zero-order chi connectivity index (χ0) is 15.4. The van der Waals surface area contributed by atoms with Gasteiger partial charge in [0.05, 0.1) is 0 Å². The Morgan fingerprint density at radius 1 is 1.24 bits per heavy atom. The minimum Gasteiger partial charge on any atom is -0.481 e. The summed E-state index contributed by atoms with van der Waals surface area (Å²) in [5, 5.41) is 0.632. The van der Waals surface area contributed by atoms with Crippen LogP contribution in [-0.4, -0.2) is 35.8 Å². The molecule has 1 aromatic rings. The fourth-order valence-corrected chi connectivity index (χ4v) is 2.66. The van der Waals surface area contributed by atoms with Crippen molar-refractivity contribution in [2.45, 2.75) is 32.8 Å². The fourth-order valence-electron chi connectivity index (χ4n) is 2.53. The molecule has 1 aromatic carbocycles. The lowest BCUT2D eigenvalue weighted by Crippen LogP contribution is -2.45. The number of amides is 1. The van der Waals surface area contributed by atoms with Crippen molar-refractivity contribution in [3.63, 3.8) is 0 Å². The van der Waals surface area contributed by atoms with Gasteiger partial charge in [-0.05, 0) is 51.0 Å². The van der Waals surface area contributed by atoms with Crippen molar-refractivity contribution >= 4 is 23.3 Å². The molecule has 1 aliphatic rings. The van der Waals surface area contributed by atoms with Crippen LogP contribution in [0.4, 0.5) is 0 Å². The number of carbonyl (C=O) groups is 2. The van der Waals surface area contributed by atoms with Crippen LogP contribution in [0.2, 0.25) is 5.02 Å². The molecule has 4 nitrogen and oxygen atoms in total. The zero-order valence-corrected chi connectivity index (χ0v) is 13.1. The van der Waals surface area contributed by atoms with Gasteiger partial charge in [-0.1, -0.05) is 11.6 Å². The average molecular weight is 310 g/mol. The molecule has 0 bridgehead atoms. The number of rotatable bonds is 4. The van der Waals surface area contributed by atoms with Gasteiger partial charge >= 0.3 is 0 Å². The van der Waals surface area contributed by atoms with Crippen molar-refractivity contribution in [1.82, 2.24) is 4.90 Å². The Hall–Kier alpha value is -1.55. The van der Waals surface area contributed by atoms with E-state index in [1.165, 1.54) is 0 Å². The molecular formula is C16H20ClNO3. The van der Waals surface area contributed by atoms with Gasteiger partial charge in [0.25, 0.3) is 5.91 Å². The Morgan fingerprint density at radius 3 is 2.33 bits per heavy atom. The van der Waals surface area contributed by atoms with E-state index in [0.717, 1.165) is 12.8 Å². The van der Waals surface area contributed by atoms with Crippen molar-refractivity contribution in [2.75, 3.05) is 13.1 Å². The highest BCUT2D eigenvalue weighted by Gasteiger charge is 2.28. The first-order chi connectivity index (χ1) is 9.97. The second-order valence-corrected chi connectivity index (χ2v) is 5.86. The van der Waals surface area contributed by atoms with E-state index in [0.29, 0.717) is 23.9 Å². The Morgan fingerprint density at radius 2 is 1.81 bits per heavy atom. The molecule has 114 valence electrons. The van der Waals surface area contributed by atoms with E-state index in [4.69, 9.17) is 16.3 Å². The lowest BCUT2D eigenvalue weighted by molar-refractivity contribution is -0.140. The van der Waals surface area contributed by atoms with E-state index < -0.39 is 6.10 Å². The number of hydrogen-bond donors (Lipinski definition) is 0. The molecule has 0 aromatic heterocycles. The van der Waals surface area contributed by atoms with Crippen LogP contribution in [0, 0.1) is 5.92 Å². The Kier molecular flexibility index (Phi) is 5.23. The van der Waals surface area contributed by atoms with Crippen LogP contribution in [0.5, 0.6) is 5.75 Å². The molecule has 1 fully saturated rings. The number of nitrogens with zero attached hydrogens (tertiary/aromatic N) is 1. The monoisotopic (exact) mass is 309 g/mol. The number of halogens is 1. The highest BCUT2D eigenvalue weighted by molar-refractivity contribution is 6.30. The summed E-state index contributed by atoms with van der Waals surface area (Å²) < 4.78 is 5.64. The predicted octanol–water partition coefficient (Wildman–Crippen LogP) is 2.93. The average Bonchev–Trinajstić information content (AvgIpc) is 2.49. The standard InChI is InChI=1S/C16H20ClNO3/c1-11(19)13-7-9-18(10-8-13)16(20)12(2)21-15-5-3-14(17)4-6-15/h3-6,12-13H,7-10H2,1-2H3. The Labute approximate surface area is 130 Å². The van der Waals surface area contributed by atoms with Gasteiger partial charge in [0.15, 0.2) is 6.10 Å². The smallest absolute Gasteiger partial charge is 0.263 e. The molecule has 0 radical (unpaired) electrons. The molecule has 1 atom stereocenters. The lowest BCUT2D eigenvalue weighted by Gasteiger charge is -2.32. The number of likely N-dealkylation sites (tertiary alicyclic amines) is 1. The van der Waals surface area contributed by atoms with Crippen LogP contribution in [0.15, 0.2) is 24.3 Å². The SMILES string of the molecule is CC(=O)C1CCN(C(=O)C(C)Oc2ccc(Cl)cc2)CC1. The van der Waals surface area contributed by atoms with Gasteiger partial charge in [-0.3, -0.25) is 9.59 Å². The Balaban J connectivity index is 1.88. The molecule has 1 unspecified atom stereocenters. The van der Waals surface area contributed by atoms with Crippen LogP contribution in [0.25, 0.3) is 0 Å². The highest BCUT2D eigenvalue weighted by atomic mass is 35.5. The molecule has 0 aliphatic carbocycles. The molecule has 2 rings (SSSR count). The number of ketones is 1. The van der Waals surface area contributed by atoms with Gasteiger partial charge in [0.1, 0.15) is 11.5 Å². The fraction of sp³-hybridized carbons (Fsp3) is 0.500. The highest BCUT2D eigenvalue weighted by Crippen LogP contribution is 2.21. The van der Waals surface area contributed by atoms with Crippen molar-refractivity contribution in [3.05, 3.63) is 29.3 Å². The maximum atomic E-state index is 12.3. The molecule has 1 saturated heterocycles. The van der Waals surface area contributed by atoms with Gasteiger partial charge < -0.3 is 9.64 Å². The summed E-state index contributed by atoms with van der Waals surface area (Å²) in [7, 11) is 0. The Bertz CT molecular complexity index is 507. The number of ether oxygens (including phenoxy) is 1. The quantitative estimate of drug-likeness (QED) is 0.859. The van der Waals surface area contributed by atoms with Gasteiger partial charge in [-0.15, -0.1) is 0 Å².